The largest absolute Gasteiger partial charge is 0.441 e. The molecule has 2 fully saturated rings. The van der Waals surface area contributed by atoms with E-state index in [4.69, 9.17) is 14.2 Å². The molecule has 0 bridgehead atoms. The third kappa shape index (κ3) is 4.39. The maximum atomic E-state index is 12.3. The lowest BCUT2D eigenvalue weighted by atomic mass is 10.1. The van der Waals surface area contributed by atoms with E-state index in [1.807, 2.05) is 73.6 Å². The number of ether oxygens (including phenoxy) is 3. The van der Waals surface area contributed by atoms with Crippen molar-refractivity contribution in [1.29, 1.82) is 0 Å². The second kappa shape index (κ2) is 9.16. The number of anilines is 1. The van der Waals surface area contributed by atoms with Gasteiger partial charge in [0.05, 0.1) is 13.2 Å². The van der Waals surface area contributed by atoms with Crippen molar-refractivity contribution in [2.75, 3.05) is 32.2 Å². The summed E-state index contributed by atoms with van der Waals surface area (Å²) in [5.74, 6) is 0.642. The monoisotopic (exact) mass is 450 g/mol. The molecule has 0 radical (unpaired) electrons. The first-order chi connectivity index (χ1) is 16.1. The van der Waals surface area contributed by atoms with Crippen LogP contribution in [-0.4, -0.2) is 71.9 Å². The number of alkyl carbamates (subject to hydrolysis) is 1. The minimum Gasteiger partial charge on any atom is -0.441 e. The van der Waals surface area contributed by atoms with Crippen molar-refractivity contribution >= 4 is 11.8 Å². The van der Waals surface area contributed by atoms with Crippen molar-refractivity contribution in [3.63, 3.8) is 0 Å². The summed E-state index contributed by atoms with van der Waals surface area (Å²) in [4.78, 5) is 14.3. The highest BCUT2D eigenvalue weighted by molar-refractivity contribution is 5.67. The van der Waals surface area contributed by atoms with Gasteiger partial charge in [-0.15, -0.1) is 5.10 Å². The van der Waals surface area contributed by atoms with Crippen molar-refractivity contribution in [2.24, 2.45) is 0 Å². The molecule has 10 heteroatoms. The quantitative estimate of drug-likeness (QED) is 0.609. The number of carbonyl (C=O) groups excluding carboxylic acids is 1. The number of aromatic nitrogens is 4. The first-order valence-electron chi connectivity index (χ1n) is 10.9. The first-order valence-corrected chi connectivity index (χ1v) is 10.9. The van der Waals surface area contributed by atoms with Crippen molar-refractivity contribution in [3.8, 4) is 11.4 Å². The van der Waals surface area contributed by atoms with Crippen molar-refractivity contribution in [3.05, 3.63) is 60.2 Å². The van der Waals surface area contributed by atoms with Gasteiger partial charge < -0.3 is 24.4 Å². The average Bonchev–Trinajstić information content (AvgIpc) is 3.56. The first kappa shape index (κ1) is 21.4. The number of rotatable bonds is 6. The second-order valence-corrected chi connectivity index (χ2v) is 8.33. The molecule has 3 aromatic rings. The molecule has 4 atom stereocenters. The molecule has 0 aliphatic carbocycles. The molecule has 1 amide bonds. The molecule has 1 N–H and O–H groups in total. The maximum absolute atomic E-state index is 12.3. The number of benzene rings is 2. The zero-order valence-corrected chi connectivity index (χ0v) is 18.5. The molecule has 5 rings (SSSR count). The number of nitrogens with zero attached hydrogens (tertiary/aromatic N) is 5. The number of fused-ring (bicyclic) bond motifs is 1. The van der Waals surface area contributed by atoms with Gasteiger partial charge in [0.15, 0.2) is 11.9 Å². The summed E-state index contributed by atoms with van der Waals surface area (Å²) in [6, 6.07) is 17.5. The van der Waals surface area contributed by atoms with Gasteiger partial charge in [-0.05, 0) is 40.3 Å². The molecule has 0 saturated carbocycles. The van der Waals surface area contributed by atoms with Gasteiger partial charge in [-0.3, -0.25) is 0 Å². The van der Waals surface area contributed by atoms with Crippen LogP contribution in [0.15, 0.2) is 54.6 Å². The molecule has 2 aliphatic rings. The molecular weight excluding hydrogens is 424 g/mol. The van der Waals surface area contributed by atoms with Crippen LogP contribution in [0.2, 0.25) is 0 Å². The van der Waals surface area contributed by atoms with Gasteiger partial charge in [0.2, 0.25) is 0 Å². The number of amides is 1. The summed E-state index contributed by atoms with van der Waals surface area (Å²) in [5, 5.41) is 15.1. The number of hydrogen-bond acceptors (Lipinski definition) is 8. The molecule has 1 aromatic heterocycles. The van der Waals surface area contributed by atoms with E-state index in [1.54, 1.807) is 4.68 Å². The zero-order chi connectivity index (χ0) is 22.8. The lowest BCUT2D eigenvalue weighted by Gasteiger charge is -2.18. The number of carbonyl (C=O) groups is 1. The van der Waals surface area contributed by atoms with E-state index in [9.17, 15) is 4.79 Å². The van der Waals surface area contributed by atoms with Gasteiger partial charge in [-0.2, -0.15) is 0 Å². The Hall–Kier alpha value is -3.50. The Balaban J connectivity index is 1.23. The Kier molecular flexibility index (Phi) is 5.93. The van der Waals surface area contributed by atoms with E-state index in [0.717, 1.165) is 16.8 Å². The van der Waals surface area contributed by atoms with Crippen LogP contribution < -0.4 is 10.2 Å². The van der Waals surface area contributed by atoms with Crippen LogP contribution in [0.4, 0.5) is 10.5 Å². The molecule has 2 saturated heterocycles. The molecule has 172 valence electrons. The van der Waals surface area contributed by atoms with E-state index in [2.05, 4.69) is 20.8 Å². The third-order valence-corrected chi connectivity index (χ3v) is 5.97. The van der Waals surface area contributed by atoms with Crippen LogP contribution >= 0.6 is 0 Å². The Bertz CT molecular complexity index is 1090. The predicted molar refractivity (Wildman–Crippen MR) is 120 cm³/mol. The minimum absolute atomic E-state index is 0.213. The van der Waals surface area contributed by atoms with E-state index in [-0.39, 0.29) is 24.9 Å². The standard InChI is InChI=1S/C23H26N6O4/c1-28(2)17-10-8-16(9-11-17)22-25-26-27-29(22)18-13-31-21-19(14-32-20(18)21)33-23(30)24-12-15-6-4-3-5-7-15/h3-11,18-21H,12-14H2,1-2H3,(H,24,30)/t18-,19-,20-,21+/m1/s1. The summed E-state index contributed by atoms with van der Waals surface area (Å²) in [6.45, 7) is 1.03. The van der Waals surface area contributed by atoms with Crippen LogP contribution in [0.3, 0.4) is 0 Å². The number of nitrogens with one attached hydrogen (secondary N) is 1. The summed E-state index contributed by atoms with van der Waals surface area (Å²) in [7, 11) is 3.99. The van der Waals surface area contributed by atoms with Gasteiger partial charge >= 0.3 is 6.09 Å². The van der Waals surface area contributed by atoms with Crippen molar-refractivity contribution in [2.45, 2.75) is 30.9 Å². The minimum atomic E-state index is -0.496. The van der Waals surface area contributed by atoms with Gasteiger partial charge in [-0.1, -0.05) is 30.3 Å². The lowest BCUT2D eigenvalue weighted by molar-refractivity contribution is 0.00290. The molecule has 3 heterocycles. The molecule has 2 aromatic carbocycles. The summed E-state index contributed by atoms with van der Waals surface area (Å²) >= 11 is 0. The van der Waals surface area contributed by atoms with Crippen LogP contribution in [0, 0.1) is 0 Å². The van der Waals surface area contributed by atoms with Crippen LogP contribution in [0.5, 0.6) is 0 Å². The van der Waals surface area contributed by atoms with Gasteiger partial charge in [0, 0.05) is 31.9 Å². The highest BCUT2D eigenvalue weighted by atomic mass is 16.6. The van der Waals surface area contributed by atoms with Crippen molar-refractivity contribution in [1.82, 2.24) is 25.5 Å². The molecule has 0 unspecified atom stereocenters. The van der Waals surface area contributed by atoms with Gasteiger partial charge in [-0.25, -0.2) is 9.48 Å². The average molecular weight is 450 g/mol. The Morgan fingerprint density at radius 2 is 1.85 bits per heavy atom. The van der Waals surface area contributed by atoms with Crippen LogP contribution in [0.1, 0.15) is 11.6 Å². The fourth-order valence-corrected chi connectivity index (χ4v) is 4.22. The van der Waals surface area contributed by atoms with E-state index in [0.29, 0.717) is 19.0 Å². The molecule has 0 spiro atoms. The predicted octanol–water partition coefficient (Wildman–Crippen LogP) is 2.04. The van der Waals surface area contributed by atoms with E-state index < -0.39 is 12.2 Å². The Labute approximate surface area is 191 Å². The van der Waals surface area contributed by atoms with Gasteiger partial charge in [0.25, 0.3) is 0 Å². The zero-order valence-electron chi connectivity index (χ0n) is 18.5. The normalized spacial score (nSPS) is 23.8. The lowest BCUT2D eigenvalue weighted by Crippen LogP contribution is -2.37. The van der Waals surface area contributed by atoms with E-state index >= 15 is 0 Å². The number of tetrazole rings is 1. The smallest absolute Gasteiger partial charge is 0.407 e. The second-order valence-electron chi connectivity index (χ2n) is 8.33. The summed E-state index contributed by atoms with van der Waals surface area (Å²) < 4.78 is 19.3. The fraction of sp³-hybridized carbons (Fsp3) is 0.391. The molecule has 10 nitrogen and oxygen atoms in total. The highest BCUT2D eigenvalue weighted by Gasteiger charge is 2.51. The summed E-state index contributed by atoms with van der Waals surface area (Å²) in [6.07, 6.45) is -1.66. The fourth-order valence-electron chi connectivity index (χ4n) is 4.22. The topological polar surface area (TPSA) is 104 Å². The number of hydrogen-bond donors (Lipinski definition) is 1. The Morgan fingerprint density at radius 3 is 2.61 bits per heavy atom. The van der Waals surface area contributed by atoms with E-state index in [1.165, 1.54) is 0 Å². The summed E-state index contributed by atoms with van der Waals surface area (Å²) in [5.41, 5.74) is 2.99. The molecular formula is C23H26N6O4. The molecule has 33 heavy (non-hydrogen) atoms. The highest BCUT2D eigenvalue weighted by Crippen LogP contribution is 2.36. The third-order valence-electron chi connectivity index (χ3n) is 5.97. The maximum Gasteiger partial charge on any atom is 0.407 e. The SMILES string of the molecule is CN(C)c1ccc(-c2nnnn2[C@@H]2CO[C@@H]3[C@@H]2OC[C@H]3OC(=O)NCc2ccccc2)cc1. The van der Waals surface area contributed by atoms with Crippen LogP contribution in [-0.2, 0) is 20.8 Å². The van der Waals surface area contributed by atoms with Gasteiger partial charge in [0.1, 0.15) is 18.2 Å². The molecule has 2 aliphatic heterocycles. The van der Waals surface area contributed by atoms with Crippen molar-refractivity contribution < 1.29 is 19.0 Å². The Morgan fingerprint density at radius 1 is 1.09 bits per heavy atom. The van der Waals surface area contributed by atoms with Crippen LogP contribution in [0.25, 0.3) is 11.4 Å².